The van der Waals surface area contributed by atoms with E-state index in [0.717, 1.165) is 5.56 Å². The Morgan fingerprint density at radius 3 is 2.65 bits per heavy atom. The number of benzene rings is 1. The lowest BCUT2D eigenvalue weighted by atomic mass is 10.1. The van der Waals surface area contributed by atoms with Crippen molar-refractivity contribution in [1.29, 1.82) is 0 Å². The number of sulfonamides is 1. The first-order valence-corrected chi connectivity index (χ1v) is 9.66. The maximum Gasteiger partial charge on any atom is 0.259 e. The molecule has 1 aliphatic heterocycles. The molecule has 0 amide bonds. The summed E-state index contributed by atoms with van der Waals surface area (Å²) in [5.41, 5.74) is 7.48. The summed E-state index contributed by atoms with van der Waals surface area (Å²) in [5, 5.41) is 3.22. The molecule has 2 heterocycles. The lowest BCUT2D eigenvalue weighted by Gasteiger charge is -2.27. The van der Waals surface area contributed by atoms with Crippen molar-refractivity contribution in [2.45, 2.75) is 32.1 Å². The van der Waals surface area contributed by atoms with E-state index in [1.165, 1.54) is 0 Å². The SMILES string of the molecule is Cc1cnc(NC(C)(C)COc2cccc3c2C(N)=NS(=O)(=O)C3)nc1. The van der Waals surface area contributed by atoms with Gasteiger partial charge in [0, 0.05) is 12.4 Å². The van der Waals surface area contributed by atoms with Gasteiger partial charge < -0.3 is 15.8 Å². The van der Waals surface area contributed by atoms with E-state index in [9.17, 15) is 8.42 Å². The molecule has 8 nitrogen and oxygen atoms in total. The van der Waals surface area contributed by atoms with Gasteiger partial charge in [-0.3, -0.25) is 0 Å². The van der Waals surface area contributed by atoms with Crippen LogP contribution < -0.4 is 15.8 Å². The third kappa shape index (κ3) is 4.10. The molecule has 0 unspecified atom stereocenters. The smallest absolute Gasteiger partial charge is 0.259 e. The fourth-order valence-electron chi connectivity index (χ4n) is 2.59. The van der Waals surface area contributed by atoms with Gasteiger partial charge >= 0.3 is 0 Å². The Morgan fingerprint density at radius 1 is 1.27 bits per heavy atom. The van der Waals surface area contributed by atoms with Gasteiger partial charge in [-0.05, 0) is 38.0 Å². The van der Waals surface area contributed by atoms with Crippen molar-refractivity contribution in [2.75, 3.05) is 11.9 Å². The number of rotatable bonds is 5. The van der Waals surface area contributed by atoms with Crippen LogP contribution in [-0.2, 0) is 15.8 Å². The molecule has 0 fully saturated rings. The van der Waals surface area contributed by atoms with Crippen LogP contribution in [0.3, 0.4) is 0 Å². The van der Waals surface area contributed by atoms with Gasteiger partial charge in [-0.15, -0.1) is 4.40 Å². The Kier molecular flexibility index (Phi) is 4.57. The van der Waals surface area contributed by atoms with Crippen molar-refractivity contribution in [3.63, 3.8) is 0 Å². The Hall–Kier alpha value is -2.68. The molecule has 1 aromatic heterocycles. The molecule has 1 aromatic carbocycles. The molecule has 0 atom stereocenters. The molecule has 0 saturated heterocycles. The normalized spacial score (nSPS) is 15.7. The van der Waals surface area contributed by atoms with E-state index in [0.29, 0.717) is 29.4 Å². The van der Waals surface area contributed by atoms with Crippen LogP contribution in [-0.4, -0.2) is 36.4 Å². The Bertz CT molecular complexity index is 953. The number of aromatic nitrogens is 2. The molecular weight excluding hydrogens is 354 g/mol. The minimum atomic E-state index is -3.57. The molecule has 1 aliphatic rings. The number of amidine groups is 1. The quantitative estimate of drug-likeness (QED) is 0.814. The molecule has 0 radical (unpaired) electrons. The number of nitrogens with two attached hydrogens (primary N) is 1. The van der Waals surface area contributed by atoms with E-state index in [1.807, 2.05) is 20.8 Å². The van der Waals surface area contributed by atoms with Crippen molar-refractivity contribution in [3.05, 3.63) is 47.3 Å². The fourth-order valence-corrected chi connectivity index (χ4v) is 3.68. The lowest BCUT2D eigenvalue weighted by Crippen LogP contribution is -2.38. The van der Waals surface area contributed by atoms with Crippen molar-refractivity contribution < 1.29 is 13.2 Å². The topological polar surface area (TPSA) is 120 Å². The van der Waals surface area contributed by atoms with Gasteiger partial charge in [0.1, 0.15) is 18.2 Å². The first kappa shape index (κ1) is 18.1. The van der Waals surface area contributed by atoms with Gasteiger partial charge in [-0.2, -0.15) is 0 Å². The van der Waals surface area contributed by atoms with Crippen LogP contribution in [0.15, 0.2) is 35.0 Å². The van der Waals surface area contributed by atoms with Gasteiger partial charge in [0.15, 0.2) is 0 Å². The van der Waals surface area contributed by atoms with Gasteiger partial charge in [0.05, 0.1) is 16.9 Å². The highest BCUT2D eigenvalue weighted by Gasteiger charge is 2.26. The van der Waals surface area contributed by atoms with Crippen molar-refractivity contribution in [3.8, 4) is 5.75 Å². The number of hydrogen-bond donors (Lipinski definition) is 2. The van der Waals surface area contributed by atoms with E-state index in [4.69, 9.17) is 10.5 Å². The molecule has 0 bridgehead atoms. The molecule has 0 saturated carbocycles. The van der Waals surface area contributed by atoms with Gasteiger partial charge in [0.2, 0.25) is 5.95 Å². The minimum Gasteiger partial charge on any atom is -0.490 e. The van der Waals surface area contributed by atoms with Gasteiger partial charge in [-0.25, -0.2) is 18.4 Å². The van der Waals surface area contributed by atoms with Crippen LogP contribution >= 0.6 is 0 Å². The highest BCUT2D eigenvalue weighted by atomic mass is 32.2. The molecule has 138 valence electrons. The molecule has 2 aromatic rings. The van der Waals surface area contributed by atoms with Crippen LogP contribution in [0.2, 0.25) is 0 Å². The highest BCUT2D eigenvalue weighted by molar-refractivity contribution is 7.89. The van der Waals surface area contributed by atoms with Crippen LogP contribution in [0.4, 0.5) is 5.95 Å². The number of nitrogens with one attached hydrogen (secondary N) is 1. The predicted octanol–water partition coefficient (Wildman–Crippen LogP) is 1.60. The third-order valence-electron chi connectivity index (χ3n) is 3.76. The molecule has 0 spiro atoms. The summed E-state index contributed by atoms with van der Waals surface area (Å²) in [6.45, 7) is 6.12. The summed E-state index contributed by atoms with van der Waals surface area (Å²) in [6, 6.07) is 5.20. The molecular formula is C17H21N5O3S. The fraction of sp³-hybridized carbons (Fsp3) is 0.353. The number of nitrogens with zero attached hydrogens (tertiary/aromatic N) is 3. The lowest BCUT2D eigenvalue weighted by molar-refractivity contribution is 0.255. The largest absolute Gasteiger partial charge is 0.490 e. The average Bonchev–Trinajstić information content (AvgIpc) is 2.53. The molecule has 0 aliphatic carbocycles. The van der Waals surface area contributed by atoms with E-state index in [1.54, 1.807) is 30.6 Å². The Labute approximate surface area is 152 Å². The van der Waals surface area contributed by atoms with Crippen molar-refractivity contribution in [2.24, 2.45) is 10.1 Å². The zero-order valence-corrected chi connectivity index (χ0v) is 15.7. The summed E-state index contributed by atoms with van der Waals surface area (Å²) in [5.74, 6) is 0.776. The molecule has 3 N–H and O–H groups in total. The van der Waals surface area contributed by atoms with E-state index in [2.05, 4.69) is 19.7 Å². The zero-order valence-electron chi connectivity index (χ0n) is 14.9. The maximum atomic E-state index is 11.7. The number of fused-ring (bicyclic) bond motifs is 1. The Balaban J connectivity index is 1.77. The maximum absolute atomic E-state index is 11.7. The van der Waals surface area contributed by atoms with Crippen LogP contribution in [0.5, 0.6) is 5.75 Å². The second-order valence-corrected chi connectivity index (χ2v) is 8.51. The molecule has 9 heteroatoms. The van der Waals surface area contributed by atoms with Gasteiger partial charge in [-0.1, -0.05) is 12.1 Å². The van der Waals surface area contributed by atoms with Crippen molar-refractivity contribution >= 4 is 21.8 Å². The monoisotopic (exact) mass is 375 g/mol. The van der Waals surface area contributed by atoms with E-state index < -0.39 is 15.6 Å². The van der Waals surface area contributed by atoms with Crippen LogP contribution in [0, 0.1) is 6.92 Å². The first-order chi connectivity index (χ1) is 12.2. The Morgan fingerprint density at radius 2 is 1.96 bits per heavy atom. The third-order valence-corrected chi connectivity index (χ3v) is 4.91. The number of ether oxygens (including phenoxy) is 1. The number of aryl methyl sites for hydroxylation is 1. The minimum absolute atomic E-state index is 0.0468. The second-order valence-electron chi connectivity index (χ2n) is 6.87. The highest BCUT2D eigenvalue weighted by Crippen LogP contribution is 2.28. The van der Waals surface area contributed by atoms with Gasteiger partial charge in [0.25, 0.3) is 10.0 Å². The molecule has 26 heavy (non-hydrogen) atoms. The number of anilines is 1. The van der Waals surface area contributed by atoms with Crippen LogP contribution in [0.25, 0.3) is 0 Å². The standard InChI is InChI=1S/C17H21N5O3S/c1-11-7-19-16(20-8-11)21-17(2,3)10-25-13-6-4-5-12-9-26(23,24)22-15(18)14(12)13/h4-8H,9-10H2,1-3H3,(H2,18,22)(H,19,20,21). The average molecular weight is 375 g/mol. The summed E-state index contributed by atoms with van der Waals surface area (Å²) >= 11 is 0. The number of hydrogen-bond acceptors (Lipinski definition) is 7. The summed E-state index contributed by atoms with van der Waals surface area (Å²) < 4.78 is 33.0. The van der Waals surface area contributed by atoms with Crippen molar-refractivity contribution in [1.82, 2.24) is 9.97 Å². The van der Waals surface area contributed by atoms with E-state index >= 15 is 0 Å². The zero-order chi connectivity index (χ0) is 18.9. The predicted molar refractivity (Wildman–Crippen MR) is 99.8 cm³/mol. The van der Waals surface area contributed by atoms with Crippen LogP contribution in [0.1, 0.15) is 30.5 Å². The first-order valence-electron chi connectivity index (χ1n) is 8.05. The summed E-state index contributed by atoms with van der Waals surface area (Å²) in [6.07, 6.45) is 3.47. The van der Waals surface area contributed by atoms with E-state index in [-0.39, 0.29) is 11.6 Å². The molecule has 3 rings (SSSR count). The second kappa shape index (κ2) is 6.56. The summed E-state index contributed by atoms with van der Waals surface area (Å²) in [7, 11) is -3.57. The summed E-state index contributed by atoms with van der Waals surface area (Å²) in [4.78, 5) is 8.47.